The molecule has 3 heteroatoms. The van der Waals surface area contributed by atoms with E-state index in [4.69, 9.17) is 0 Å². The molecular weight excluding hydrogens is 174 g/mol. The Balaban J connectivity index is 1.94. The number of nitrogens with zero attached hydrogens (tertiary/aromatic N) is 1. The van der Waals surface area contributed by atoms with Crippen LogP contribution in [0.2, 0.25) is 0 Å². The second-order valence-electron chi connectivity index (χ2n) is 4.38. The zero-order valence-corrected chi connectivity index (χ0v) is 8.80. The fourth-order valence-electron chi connectivity index (χ4n) is 1.38. The Bertz CT molecular complexity index is 318. The third-order valence-corrected chi connectivity index (χ3v) is 2.85. The molecule has 1 saturated carbocycles. The van der Waals surface area contributed by atoms with Gasteiger partial charge in [-0.1, -0.05) is 6.92 Å². The van der Waals surface area contributed by atoms with Crippen molar-refractivity contribution in [1.29, 1.82) is 0 Å². The van der Waals surface area contributed by atoms with Gasteiger partial charge in [0.2, 0.25) is 0 Å². The van der Waals surface area contributed by atoms with Crippen molar-refractivity contribution in [2.45, 2.75) is 19.8 Å². The van der Waals surface area contributed by atoms with E-state index in [0.717, 1.165) is 17.9 Å². The third-order valence-electron chi connectivity index (χ3n) is 2.85. The molecule has 3 nitrogen and oxygen atoms in total. The van der Waals surface area contributed by atoms with E-state index >= 15 is 0 Å². The standard InChI is InChI=1S/C11H17N3/c1-11(3-4-11)8-14-10-5-9(12-2)6-13-7-10/h5-7,12,14H,3-4,8H2,1-2H3. The van der Waals surface area contributed by atoms with Crippen LogP contribution >= 0.6 is 0 Å². The Hall–Kier alpha value is -1.25. The highest BCUT2D eigenvalue weighted by Gasteiger charge is 2.36. The monoisotopic (exact) mass is 191 g/mol. The molecule has 0 spiro atoms. The predicted molar refractivity (Wildman–Crippen MR) is 59.6 cm³/mol. The lowest BCUT2D eigenvalue weighted by Gasteiger charge is -2.11. The van der Waals surface area contributed by atoms with Gasteiger partial charge in [-0.2, -0.15) is 0 Å². The van der Waals surface area contributed by atoms with Gasteiger partial charge in [0.15, 0.2) is 0 Å². The SMILES string of the molecule is CNc1cncc(NCC2(C)CC2)c1. The third kappa shape index (κ3) is 2.16. The molecule has 0 amide bonds. The number of pyridine rings is 1. The molecule has 2 N–H and O–H groups in total. The molecule has 1 aliphatic carbocycles. The fourth-order valence-corrected chi connectivity index (χ4v) is 1.38. The van der Waals surface area contributed by atoms with Crippen LogP contribution in [0.15, 0.2) is 18.5 Å². The van der Waals surface area contributed by atoms with Crippen LogP contribution in [-0.4, -0.2) is 18.6 Å². The van der Waals surface area contributed by atoms with Crippen molar-refractivity contribution in [3.05, 3.63) is 18.5 Å². The van der Waals surface area contributed by atoms with Gasteiger partial charge in [-0.15, -0.1) is 0 Å². The number of anilines is 2. The quantitative estimate of drug-likeness (QED) is 0.767. The summed E-state index contributed by atoms with van der Waals surface area (Å²) < 4.78 is 0. The van der Waals surface area contributed by atoms with Gasteiger partial charge < -0.3 is 10.6 Å². The molecule has 0 atom stereocenters. The van der Waals surface area contributed by atoms with E-state index < -0.39 is 0 Å². The van der Waals surface area contributed by atoms with Crippen molar-refractivity contribution in [3.8, 4) is 0 Å². The fraction of sp³-hybridized carbons (Fsp3) is 0.545. The summed E-state index contributed by atoms with van der Waals surface area (Å²) in [5.41, 5.74) is 2.69. The zero-order valence-electron chi connectivity index (χ0n) is 8.80. The number of hydrogen-bond acceptors (Lipinski definition) is 3. The lowest BCUT2D eigenvalue weighted by molar-refractivity contribution is 0.610. The normalized spacial score (nSPS) is 17.6. The van der Waals surface area contributed by atoms with E-state index in [9.17, 15) is 0 Å². The first-order valence-corrected chi connectivity index (χ1v) is 5.09. The van der Waals surface area contributed by atoms with Crippen LogP contribution in [0.25, 0.3) is 0 Å². The van der Waals surface area contributed by atoms with Gasteiger partial charge in [0.1, 0.15) is 0 Å². The minimum atomic E-state index is 0.537. The Labute approximate surface area is 84.9 Å². The molecule has 0 aromatic carbocycles. The molecule has 1 aromatic heterocycles. The van der Waals surface area contributed by atoms with Crippen LogP contribution in [0.5, 0.6) is 0 Å². The van der Waals surface area contributed by atoms with Gasteiger partial charge in [-0.3, -0.25) is 4.98 Å². The molecule has 2 rings (SSSR count). The van der Waals surface area contributed by atoms with Crippen LogP contribution in [0.1, 0.15) is 19.8 Å². The van der Waals surface area contributed by atoms with Crippen LogP contribution < -0.4 is 10.6 Å². The highest BCUT2D eigenvalue weighted by atomic mass is 14.9. The average molecular weight is 191 g/mol. The second-order valence-corrected chi connectivity index (χ2v) is 4.38. The summed E-state index contributed by atoms with van der Waals surface area (Å²) in [6.07, 6.45) is 6.38. The summed E-state index contributed by atoms with van der Waals surface area (Å²) in [5.74, 6) is 0. The molecule has 14 heavy (non-hydrogen) atoms. The maximum atomic E-state index is 4.15. The number of hydrogen-bond donors (Lipinski definition) is 2. The molecule has 1 aromatic rings. The Morgan fingerprint density at radius 3 is 2.71 bits per heavy atom. The molecule has 1 aliphatic rings. The Morgan fingerprint density at radius 2 is 2.07 bits per heavy atom. The maximum absolute atomic E-state index is 4.15. The van der Waals surface area contributed by atoms with Gasteiger partial charge in [0, 0.05) is 13.6 Å². The van der Waals surface area contributed by atoms with Crippen molar-refractivity contribution in [1.82, 2.24) is 4.98 Å². The van der Waals surface area contributed by atoms with Crippen LogP contribution in [0, 0.1) is 5.41 Å². The smallest absolute Gasteiger partial charge is 0.0547 e. The molecule has 0 radical (unpaired) electrons. The first-order valence-electron chi connectivity index (χ1n) is 5.09. The molecule has 0 bridgehead atoms. The van der Waals surface area contributed by atoms with Crippen LogP contribution in [0.3, 0.4) is 0 Å². The van der Waals surface area contributed by atoms with E-state index in [-0.39, 0.29) is 0 Å². The summed E-state index contributed by atoms with van der Waals surface area (Å²) in [4.78, 5) is 4.15. The minimum Gasteiger partial charge on any atom is -0.387 e. The summed E-state index contributed by atoms with van der Waals surface area (Å²) in [7, 11) is 1.91. The van der Waals surface area contributed by atoms with Gasteiger partial charge in [0.25, 0.3) is 0 Å². The number of aromatic nitrogens is 1. The molecule has 0 unspecified atom stereocenters. The predicted octanol–water partition coefficient (Wildman–Crippen LogP) is 2.34. The van der Waals surface area contributed by atoms with E-state index in [0.29, 0.717) is 5.41 Å². The van der Waals surface area contributed by atoms with Crippen molar-refractivity contribution in [2.75, 3.05) is 24.2 Å². The highest BCUT2D eigenvalue weighted by Crippen LogP contribution is 2.44. The minimum absolute atomic E-state index is 0.537. The summed E-state index contributed by atoms with van der Waals surface area (Å²) >= 11 is 0. The summed E-state index contributed by atoms with van der Waals surface area (Å²) in [5, 5.41) is 6.50. The maximum Gasteiger partial charge on any atom is 0.0547 e. The molecule has 1 heterocycles. The lowest BCUT2D eigenvalue weighted by Crippen LogP contribution is -2.11. The Kier molecular flexibility index (Phi) is 2.32. The summed E-state index contributed by atoms with van der Waals surface area (Å²) in [6, 6.07) is 2.08. The van der Waals surface area contributed by atoms with Gasteiger partial charge in [-0.05, 0) is 24.3 Å². The molecule has 0 aliphatic heterocycles. The molecule has 76 valence electrons. The topological polar surface area (TPSA) is 37.0 Å². The first-order chi connectivity index (χ1) is 6.72. The number of nitrogens with one attached hydrogen (secondary N) is 2. The van der Waals surface area contributed by atoms with Crippen LogP contribution in [0.4, 0.5) is 11.4 Å². The zero-order chi connectivity index (χ0) is 10.0. The first kappa shape index (κ1) is 9.31. The molecule has 0 saturated heterocycles. The van der Waals surface area contributed by atoms with Crippen molar-refractivity contribution >= 4 is 11.4 Å². The van der Waals surface area contributed by atoms with Crippen LogP contribution in [-0.2, 0) is 0 Å². The largest absolute Gasteiger partial charge is 0.387 e. The van der Waals surface area contributed by atoms with Gasteiger partial charge in [0.05, 0.1) is 23.8 Å². The number of rotatable bonds is 4. The highest BCUT2D eigenvalue weighted by molar-refractivity contribution is 5.53. The van der Waals surface area contributed by atoms with Crippen molar-refractivity contribution in [2.24, 2.45) is 5.41 Å². The molecule has 1 fully saturated rings. The van der Waals surface area contributed by atoms with Gasteiger partial charge >= 0.3 is 0 Å². The second kappa shape index (κ2) is 3.48. The average Bonchev–Trinajstić information content (AvgIpc) is 2.95. The Morgan fingerprint density at radius 1 is 1.36 bits per heavy atom. The van der Waals surface area contributed by atoms with Crippen molar-refractivity contribution < 1.29 is 0 Å². The van der Waals surface area contributed by atoms with Gasteiger partial charge in [-0.25, -0.2) is 0 Å². The van der Waals surface area contributed by atoms with E-state index in [1.165, 1.54) is 12.8 Å². The lowest BCUT2D eigenvalue weighted by atomic mass is 10.1. The van der Waals surface area contributed by atoms with E-state index in [1.807, 2.05) is 19.4 Å². The van der Waals surface area contributed by atoms with E-state index in [1.54, 1.807) is 0 Å². The summed E-state index contributed by atoms with van der Waals surface area (Å²) in [6.45, 7) is 3.37. The van der Waals surface area contributed by atoms with E-state index in [2.05, 4.69) is 28.6 Å². The molecular formula is C11H17N3. The van der Waals surface area contributed by atoms with Crippen molar-refractivity contribution in [3.63, 3.8) is 0 Å².